The monoisotopic (exact) mass is 610 g/mol. The summed E-state index contributed by atoms with van der Waals surface area (Å²) in [5, 5.41) is 26.7. The fraction of sp³-hybridized carbons (Fsp3) is 0.355. The molecule has 0 atom stereocenters. The van der Waals surface area contributed by atoms with Crippen LogP contribution in [0.4, 0.5) is 23.4 Å². The Morgan fingerprint density at radius 1 is 1.16 bits per heavy atom. The topological polar surface area (TPSA) is 116 Å². The molecule has 13 heteroatoms. The van der Waals surface area contributed by atoms with Crippen molar-refractivity contribution >= 4 is 17.2 Å². The van der Waals surface area contributed by atoms with Gasteiger partial charge in [-0.05, 0) is 70.0 Å². The van der Waals surface area contributed by atoms with Crippen LogP contribution in [0.1, 0.15) is 55.1 Å². The van der Waals surface area contributed by atoms with E-state index in [1.54, 1.807) is 43.7 Å². The first-order chi connectivity index (χ1) is 20.7. The highest BCUT2D eigenvalue weighted by Gasteiger charge is 2.38. The van der Waals surface area contributed by atoms with Crippen LogP contribution >= 0.6 is 0 Å². The third kappa shape index (κ3) is 6.60. The molecule has 44 heavy (non-hydrogen) atoms. The largest absolute Gasteiger partial charge is 0.489 e. The van der Waals surface area contributed by atoms with E-state index in [4.69, 9.17) is 4.74 Å². The summed E-state index contributed by atoms with van der Waals surface area (Å²) >= 11 is 0. The average molecular weight is 611 g/mol. The van der Waals surface area contributed by atoms with Gasteiger partial charge < -0.3 is 20.1 Å². The van der Waals surface area contributed by atoms with E-state index >= 15 is 0 Å². The summed E-state index contributed by atoms with van der Waals surface area (Å²) in [6, 6.07) is 9.44. The maximum atomic E-state index is 13.7. The predicted molar refractivity (Wildman–Crippen MR) is 154 cm³/mol. The molecule has 1 aliphatic rings. The summed E-state index contributed by atoms with van der Waals surface area (Å²) in [4.78, 5) is 19.5. The number of pyridine rings is 2. The van der Waals surface area contributed by atoms with Crippen LogP contribution in [0.2, 0.25) is 0 Å². The number of amides is 1. The zero-order chi connectivity index (χ0) is 31.9. The van der Waals surface area contributed by atoms with Crippen LogP contribution < -0.4 is 15.0 Å². The maximum Gasteiger partial charge on any atom is 0.417 e. The number of piperidine rings is 1. The Morgan fingerprint density at radius 2 is 1.89 bits per heavy atom. The highest BCUT2D eigenvalue weighted by atomic mass is 19.4. The first kappa shape index (κ1) is 30.7. The number of rotatable bonds is 7. The number of fused-ring (bicyclic) bond motifs is 1. The molecular weight excluding hydrogens is 580 g/mol. The lowest BCUT2D eigenvalue weighted by Gasteiger charge is -2.40. The van der Waals surface area contributed by atoms with Crippen molar-refractivity contribution in [3.63, 3.8) is 0 Å². The van der Waals surface area contributed by atoms with Gasteiger partial charge in [0.2, 0.25) is 0 Å². The van der Waals surface area contributed by atoms with E-state index in [-0.39, 0.29) is 6.61 Å². The van der Waals surface area contributed by atoms with E-state index in [0.29, 0.717) is 77.9 Å². The van der Waals surface area contributed by atoms with Crippen LogP contribution in [0.15, 0.2) is 55.0 Å². The number of anilines is 1. The first-order valence-electron chi connectivity index (χ1n) is 13.8. The molecule has 3 aromatic heterocycles. The fourth-order valence-corrected chi connectivity index (χ4v) is 5.12. The van der Waals surface area contributed by atoms with Gasteiger partial charge in [-0.3, -0.25) is 4.79 Å². The Bertz CT molecular complexity index is 1730. The van der Waals surface area contributed by atoms with Crippen LogP contribution in [-0.4, -0.2) is 56.4 Å². The van der Waals surface area contributed by atoms with Crippen molar-refractivity contribution in [3.8, 4) is 22.9 Å². The maximum absolute atomic E-state index is 13.7. The average Bonchev–Trinajstić information content (AvgIpc) is 3.38. The number of hydrogen-bond donors (Lipinski definition) is 2. The number of benzene rings is 1. The number of alkyl halides is 3. The number of ether oxygens (including phenoxy) is 1. The minimum Gasteiger partial charge on any atom is -0.489 e. The Morgan fingerprint density at radius 3 is 2.50 bits per heavy atom. The lowest BCUT2D eigenvalue weighted by atomic mass is 9.89. The van der Waals surface area contributed by atoms with E-state index < -0.39 is 40.2 Å². The minimum absolute atomic E-state index is 0.0432. The van der Waals surface area contributed by atoms with Gasteiger partial charge in [0.1, 0.15) is 30.1 Å². The zero-order valence-electron chi connectivity index (χ0n) is 24.2. The van der Waals surface area contributed by atoms with Crippen molar-refractivity contribution in [2.45, 2.75) is 50.9 Å². The predicted octanol–water partition coefficient (Wildman–Crippen LogP) is 5.36. The third-order valence-corrected chi connectivity index (χ3v) is 7.50. The lowest BCUT2D eigenvalue weighted by Crippen LogP contribution is -2.53. The van der Waals surface area contributed by atoms with E-state index in [1.807, 2.05) is 17.0 Å². The molecule has 0 radical (unpaired) electrons. The van der Waals surface area contributed by atoms with Crippen LogP contribution in [0.5, 0.6) is 5.75 Å². The molecule has 4 aromatic rings. The van der Waals surface area contributed by atoms with Gasteiger partial charge in [0.05, 0.1) is 40.2 Å². The molecule has 1 amide bonds. The Balaban J connectivity index is 1.31. The highest BCUT2D eigenvalue weighted by Crippen LogP contribution is 2.34. The van der Waals surface area contributed by atoms with Crippen LogP contribution in [-0.2, 0) is 6.18 Å². The second-order valence-electron chi connectivity index (χ2n) is 11.7. The molecular formula is C31H30F4N6O3. The van der Waals surface area contributed by atoms with Crippen molar-refractivity contribution < 1.29 is 32.2 Å². The van der Waals surface area contributed by atoms with Gasteiger partial charge in [0.25, 0.3) is 5.91 Å². The molecule has 0 spiro atoms. The van der Waals surface area contributed by atoms with Crippen molar-refractivity contribution in [2.24, 2.45) is 0 Å². The summed E-state index contributed by atoms with van der Waals surface area (Å²) in [5.41, 5.74) is -1.49. The zero-order valence-corrected chi connectivity index (χ0v) is 24.2. The number of nitriles is 1. The molecule has 1 saturated heterocycles. The van der Waals surface area contributed by atoms with Gasteiger partial charge in [-0.25, -0.2) is 13.9 Å². The second-order valence-corrected chi connectivity index (χ2v) is 11.7. The van der Waals surface area contributed by atoms with Gasteiger partial charge in [0, 0.05) is 36.0 Å². The van der Waals surface area contributed by atoms with Gasteiger partial charge in [-0.2, -0.15) is 23.5 Å². The molecule has 0 saturated carbocycles. The quantitative estimate of drug-likeness (QED) is 0.271. The summed E-state index contributed by atoms with van der Waals surface area (Å²) in [7, 11) is 0. The molecule has 1 aliphatic heterocycles. The molecule has 1 aromatic carbocycles. The standard InChI is InChI=1S/C31H30F4N6O3/c1-29(2,43)18-44-22-13-23(27-20(14-36)16-38-41(27)17-22)19-4-7-26(37-15-19)40-10-8-30(3,9-11-40)39-28(42)24-12-21(32)5-6-25(24)31(33,34)35/h4-7,12-13,15-17,43H,8-11,18H2,1-3H3,(H,39,42). The van der Waals surface area contributed by atoms with Gasteiger partial charge in [-0.15, -0.1) is 0 Å². The molecule has 0 unspecified atom stereocenters. The molecule has 4 heterocycles. The summed E-state index contributed by atoms with van der Waals surface area (Å²) < 4.78 is 61.4. The highest BCUT2D eigenvalue weighted by molar-refractivity contribution is 5.96. The van der Waals surface area contributed by atoms with Gasteiger partial charge in [-0.1, -0.05) is 0 Å². The van der Waals surface area contributed by atoms with E-state index in [9.17, 15) is 32.7 Å². The fourth-order valence-electron chi connectivity index (χ4n) is 5.12. The van der Waals surface area contributed by atoms with Crippen molar-refractivity contribution in [2.75, 3.05) is 24.6 Å². The molecule has 1 fully saturated rings. The summed E-state index contributed by atoms with van der Waals surface area (Å²) in [6.45, 7) is 5.97. The molecule has 5 rings (SSSR count). The van der Waals surface area contributed by atoms with Crippen LogP contribution in [0, 0.1) is 17.1 Å². The number of carbonyl (C=O) groups is 1. The second kappa shape index (κ2) is 11.4. The molecule has 0 aliphatic carbocycles. The summed E-state index contributed by atoms with van der Waals surface area (Å²) in [6.07, 6.45) is 0.795. The normalized spacial score (nSPS) is 15.2. The van der Waals surface area contributed by atoms with Crippen molar-refractivity contribution in [1.82, 2.24) is 19.9 Å². The van der Waals surface area contributed by atoms with Crippen LogP contribution in [0.3, 0.4) is 0 Å². The SMILES string of the molecule is CC(C)(O)COc1cc(-c2ccc(N3CCC(C)(NC(=O)c4cc(F)ccc4C(F)(F)F)CC3)nc2)c2c(C#N)cnn2c1. The van der Waals surface area contributed by atoms with E-state index in [1.165, 1.54) is 6.20 Å². The van der Waals surface area contributed by atoms with Gasteiger partial charge >= 0.3 is 6.18 Å². The van der Waals surface area contributed by atoms with E-state index in [2.05, 4.69) is 21.5 Å². The number of aliphatic hydroxyl groups is 1. The van der Waals surface area contributed by atoms with Crippen molar-refractivity contribution in [1.29, 1.82) is 5.26 Å². The number of aromatic nitrogens is 3. The molecule has 0 bridgehead atoms. The van der Waals surface area contributed by atoms with Gasteiger partial charge in [0.15, 0.2) is 0 Å². The number of carbonyl (C=O) groups excluding carboxylic acids is 1. The molecule has 230 valence electrons. The smallest absolute Gasteiger partial charge is 0.417 e. The number of nitrogens with zero attached hydrogens (tertiary/aromatic N) is 5. The molecule has 9 nitrogen and oxygen atoms in total. The number of nitrogens with one attached hydrogen (secondary N) is 1. The first-order valence-corrected chi connectivity index (χ1v) is 13.8. The number of halogens is 4. The summed E-state index contributed by atoms with van der Waals surface area (Å²) in [5.74, 6) is -0.800. The van der Waals surface area contributed by atoms with Crippen molar-refractivity contribution in [3.05, 3.63) is 77.5 Å². The minimum atomic E-state index is -4.80. The Labute approximate surface area is 250 Å². The number of hydrogen-bond acceptors (Lipinski definition) is 7. The van der Waals surface area contributed by atoms with Crippen LogP contribution in [0.25, 0.3) is 16.6 Å². The lowest BCUT2D eigenvalue weighted by molar-refractivity contribution is -0.138. The third-order valence-electron chi connectivity index (χ3n) is 7.50. The van der Waals surface area contributed by atoms with E-state index in [0.717, 1.165) is 0 Å². The molecule has 2 N–H and O–H groups in total. The Kier molecular flexibility index (Phi) is 7.98. The Hall–Kier alpha value is -4.70.